The number of aromatic nitrogens is 1. The molecule has 1 heterocycles. The molecule has 1 amide bonds. The number of amides is 1. The van der Waals surface area contributed by atoms with Gasteiger partial charge in [-0.1, -0.05) is 0 Å². The third kappa shape index (κ3) is 2.61. The highest BCUT2D eigenvalue weighted by Gasteiger charge is 2.27. The van der Waals surface area contributed by atoms with Crippen LogP contribution in [0.3, 0.4) is 0 Å². The number of hydrogen-bond donors (Lipinski definition) is 2. The summed E-state index contributed by atoms with van der Waals surface area (Å²) in [5, 5.41) is 9.64. The van der Waals surface area contributed by atoms with Crippen molar-refractivity contribution in [2.45, 2.75) is 37.8 Å². The molecule has 1 aliphatic rings. The van der Waals surface area contributed by atoms with E-state index in [-0.39, 0.29) is 29.4 Å². The maximum atomic E-state index is 12.2. The van der Waals surface area contributed by atoms with Gasteiger partial charge in [-0.2, -0.15) is 0 Å². The summed E-state index contributed by atoms with van der Waals surface area (Å²) in [5.41, 5.74) is 5.97. The quantitative estimate of drug-likeness (QED) is 0.823. The van der Waals surface area contributed by atoms with E-state index in [1.807, 2.05) is 0 Å². The fourth-order valence-corrected chi connectivity index (χ4v) is 2.38. The van der Waals surface area contributed by atoms with Crippen LogP contribution in [0.25, 0.3) is 0 Å². The van der Waals surface area contributed by atoms with Crippen molar-refractivity contribution < 1.29 is 9.90 Å². The molecule has 0 aromatic carbocycles. The van der Waals surface area contributed by atoms with Crippen LogP contribution in [0, 0.1) is 0 Å². The van der Waals surface area contributed by atoms with E-state index in [0.717, 1.165) is 25.7 Å². The maximum Gasteiger partial charge on any atom is 0.276 e. The van der Waals surface area contributed by atoms with Gasteiger partial charge in [0.25, 0.3) is 5.91 Å². The zero-order valence-electron chi connectivity index (χ0n) is 10.5. The molecule has 1 aliphatic carbocycles. The summed E-state index contributed by atoms with van der Waals surface area (Å²) in [6, 6.07) is 3.53. The van der Waals surface area contributed by atoms with E-state index >= 15 is 0 Å². The molecule has 0 saturated heterocycles. The summed E-state index contributed by atoms with van der Waals surface area (Å²) in [4.78, 5) is 17.8. The number of pyridine rings is 1. The van der Waals surface area contributed by atoms with Crippen molar-refractivity contribution in [2.24, 2.45) is 5.73 Å². The van der Waals surface area contributed by atoms with Gasteiger partial charge in [-0.25, -0.2) is 4.98 Å². The van der Waals surface area contributed by atoms with E-state index in [2.05, 4.69) is 4.98 Å². The first kappa shape index (κ1) is 12.8. The van der Waals surface area contributed by atoms with Crippen molar-refractivity contribution >= 4 is 5.91 Å². The van der Waals surface area contributed by atoms with Crippen LogP contribution in [0.15, 0.2) is 18.3 Å². The van der Waals surface area contributed by atoms with Crippen molar-refractivity contribution in [3.63, 3.8) is 0 Å². The Morgan fingerprint density at radius 2 is 2.11 bits per heavy atom. The van der Waals surface area contributed by atoms with E-state index in [9.17, 15) is 9.90 Å². The molecule has 1 aromatic rings. The lowest BCUT2D eigenvalue weighted by Gasteiger charge is -2.33. The molecule has 0 bridgehead atoms. The van der Waals surface area contributed by atoms with Crippen molar-refractivity contribution in [1.82, 2.24) is 9.88 Å². The Morgan fingerprint density at radius 1 is 1.44 bits per heavy atom. The maximum absolute atomic E-state index is 12.2. The summed E-state index contributed by atoms with van der Waals surface area (Å²) < 4.78 is 0. The Balaban J connectivity index is 2.07. The van der Waals surface area contributed by atoms with E-state index < -0.39 is 0 Å². The van der Waals surface area contributed by atoms with Gasteiger partial charge in [-0.05, 0) is 37.8 Å². The lowest BCUT2D eigenvalue weighted by Crippen LogP contribution is -2.42. The molecule has 3 N–H and O–H groups in total. The molecule has 2 rings (SSSR count). The fraction of sp³-hybridized carbons (Fsp3) is 0.538. The SMILES string of the molecule is CN(C(=O)c1ncccc1O)C1CCC(N)CC1. The Morgan fingerprint density at radius 3 is 2.72 bits per heavy atom. The Bertz CT molecular complexity index is 428. The summed E-state index contributed by atoms with van der Waals surface area (Å²) in [7, 11) is 1.76. The Labute approximate surface area is 107 Å². The third-order valence-corrected chi connectivity index (χ3v) is 3.60. The van der Waals surface area contributed by atoms with Crippen LogP contribution in [0.5, 0.6) is 5.75 Å². The van der Waals surface area contributed by atoms with Crippen LogP contribution in [0.4, 0.5) is 0 Å². The molecule has 0 radical (unpaired) electrons. The Kier molecular flexibility index (Phi) is 3.81. The van der Waals surface area contributed by atoms with E-state index in [0.29, 0.717) is 0 Å². The van der Waals surface area contributed by atoms with Crippen LogP contribution in [0.2, 0.25) is 0 Å². The minimum Gasteiger partial charge on any atom is -0.505 e. The second-order valence-corrected chi connectivity index (χ2v) is 4.86. The first-order valence-corrected chi connectivity index (χ1v) is 6.26. The molecule has 98 valence electrons. The number of nitrogens with two attached hydrogens (primary N) is 1. The van der Waals surface area contributed by atoms with E-state index in [4.69, 9.17) is 5.73 Å². The number of carbonyl (C=O) groups excluding carboxylic acids is 1. The molecule has 0 spiro atoms. The van der Waals surface area contributed by atoms with Gasteiger partial charge in [0.05, 0.1) is 0 Å². The van der Waals surface area contributed by atoms with Crippen molar-refractivity contribution in [2.75, 3.05) is 7.05 Å². The number of rotatable bonds is 2. The van der Waals surface area contributed by atoms with E-state index in [1.165, 1.54) is 12.3 Å². The van der Waals surface area contributed by atoms with Crippen molar-refractivity contribution in [3.05, 3.63) is 24.0 Å². The zero-order valence-corrected chi connectivity index (χ0v) is 10.5. The van der Waals surface area contributed by atoms with Crippen LogP contribution in [-0.2, 0) is 0 Å². The van der Waals surface area contributed by atoms with Gasteiger partial charge in [0.2, 0.25) is 0 Å². The molecule has 0 atom stereocenters. The monoisotopic (exact) mass is 249 g/mol. The summed E-state index contributed by atoms with van der Waals surface area (Å²) in [5.74, 6) is -0.296. The number of carbonyl (C=O) groups is 1. The normalized spacial score (nSPS) is 23.7. The van der Waals surface area contributed by atoms with Crippen molar-refractivity contribution in [3.8, 4) is 5.75 Å². The molecule has 1 saturated carbocycles. The van der Waals surface area contributed by atoms with Gasteiger partial charge in [0.15, 0.2) is 5.69 Å². The highest BCUT2D eigenvalue weighted by Crippen LogP contribution is 2.23. The van der Waals surface area contributed by atoms with E-state index in [1.54, 1.807) is 18.0 Å². The molecule has 5 nitrogen and oxygen atoms in total. The second kappa shape index (κ2) is 5.35. The molecular weight excluding hydrogens is 230 g/mol. The third-order valence-electron chi connectivity index (χ3n) is 3.60. The molecule has 1 aromatic heterocycles. The average molecular weight is 249 g/mol. The predicted molar refractivity (Wildman–Crippen MR) is 68.2 cm³/mol. The van der Waals surface area contributed by atoms with Gasteiger partial charge in [0, 0.05) is 25.3 Å². The van der Waals surface area contributed by atoms with Gasteiger partial charge in [0.1, 0.15) is 5.75 Å². The summed E-state index contributed by atoms with van der Waals surface area (Å²) >= 11 is 0. The van der Waals surface area contributed by atoms with Gasteiger partial charge in [-0.15, -0.1) is 0 Å². The van der Waals surface area contributed by atoms with Gasteiger partial charge < -0.3 is 15.7 Å². The number of aromatic hydroxyl groups is 1. The van der Waals surface area contributed by atoms with Gasteiger partial charge >= 0.3 is 0 Å². The smallest absolute Gasteiger partial charge is 0.276 e. The highest BCUT2D eigenvalue weighted by molar-refractivity contribution is 5.94. The molecule has 0 aliphatic heterocycles. The lowest BCUT2D eigenvalue weighted by atomic mass is 9.91. The van der Waals surface area contributed by atoms with Crippen LogP contribution < -0.4 is 5.73 Å². The Hall–Kier alpha value is -1.62. The predicted octanol–water partition coefficient (Wildman–Crippen LogP) is 1.13. The number of nitrogens with zero attached hydrogens (tertiary/aromatic N) is 2. The molecular formula is C13H19N3O2. The summed E-state index contributed by atoms with van der Waals surface area (Å²) in [6.07, 6.45) is 5.22. The highest BCUT2D eigenvalue weighted by atomic mass is 16.3. The minimum atomic E-state index is -0.228. The molecule has 1 fully saturated rings. The topological polar surface area (TPSA) is 79.5 Å². The average Bonchev–Trinajstić information content (AvgIpc) is 2.38. The lowest BCUT2D eigenvalue weighted by molar-refractivity contribution is 0.0680. The second-order valence-electron chi connectivity index (χ2n) is 4.86. The fourth-order valence-electron chi connectivity index (χ4n) is 2.38. The van der Waals surface area contributed by atoms with Crippen LogP contribution in [0.1, 0.15) is 36.2 Å². The molecule has 0 unspecified atom stereocenters. The molecule has 18 heavy (non-hydrogen) atoms. The summed E-state index contributed by atoms with van der Waals surface area (Å²) in [6.45, 7) is 0. The van der Waals surface area contributed by atoms with Crippen LogP contribution >= 0.6 is 0 Å². The zero-order chi connectivity index (χ0) is 13.1. The first-order valence-electron chi connectivity index (χ1n) is 6.26. The van der Waals surface area contributed by atoms with Crippen LogP contribution in [-0.4, -0.2) is 40.0 Å². The largest absolute Gasteiger partial charge is 0.505 e. The minimum absolute atomic E-state index is 0.0677. The number of hydrogen-bond acceptors (Lipinski definition) is 4. The first-order chi connectivity index (χ1) is 8.59. The van der Waals surface area contributed by atoms with Crippen molar-refractivity contribution in [1.29, 1.82) is 0 Å². The molecule has 5 heteroatoms. The standard InChI is InChI=1S/C13H19N3O2/c1-16(10-6-4-9(14)5-7-10)13(18)12-11(17)3-2-8-15-12/h2-3,8-10,17H,4-7,14H2,1H3. The van der Waals surface area contributed by atoms with Gasteiger partial charge in [-0.3, -0.25) is 4.79 Å².